The van der Waals surface area contributed by atoms with E-state index in [4.69, 9.17) is 0 Å². The molecular formula is C12H17N3O. The summed E-state index contributed by atoms with van der Waals surface area (Å²) < 4.78 is 1.83. The van der Waals surface area contributed by atoms with Crippen LogP contribution in [0.15, 0.2) is 12.4 Å². The monoisotopic (exact) mass is 219 g/mol. The second kappa shape index (κ2) is 3.70. The fourth-order valence-corrected chi connectivity index (χ4v) is 3.06. The number of carbonyl (C=O) groups excluding carboxylic acids is 1. The van der Waals surface area contributed by atoms with E-state index in [0.717, 1.165) is 12.8 Å². The number of piperidine rings is 1. The van der Waals surface area contributed by atoms with Gasteiger partial charge in [0.15, 0.2) is 5.82 Å². The Bertz CT molecular complexity index is 400. The minimum absolute atomic E-state index is 0.180. The molecule has 4 nitrogen and oxygen atoms in total. The van der Waals surface area contributed by atoms with Crippen molar-refractivity contribution in [3.63, 3.8) is 0 Å². The number of fused-ring (bicyclic) bond motifs is 2. The molecule has 2 unspecified atom stereocenters. The lowest BCUT2D eigenvalue weighted by atomic mass is 9.88. The quantitative estimate of drug-likeness (QED) is 0.759. The van der Waals surface area contributed by atoms with E-state index in [1.54, 1.807) is 6.20 Å². The van der Waals surface area contributed by atoms with Crippen LogP contribution < -0.4 is 5.32 Å². The third-order valence-electron chi connectivity index (χ3n) is 3.89. The molecule has 2 atom stereocenters. The Kier molecular flexibility index (Phi) is 2.32. The first-order chi connectivity index (χ1) is 7.74. The minimum atomic E-state index is 0.180. The van der Waals surface area contributed by atoms with E-state index >= 15 is 0 Å². The SMILES string of the molecule is Cn1ccnc1C(=O)C1CC2CCC(C1)N2. The molecule has 86 valence electrons. The Morgan fingerprint density at radius 2 is 2.12 bits per heavy atom. The number of hydrogen-bond acceptors (Lipinski definition) is 3. The average molecular weight is 219 g/mol. The van der Waals surface area contributed by atoms with Gasteiger partial charge in [0, 0.05) is 37.4 Å². The number of aryl methyl sites for hydroxylation is 1. The molecule has 0 spiro atoms. The predicted octanol–water partition coefficient (Wildman–Crippen LogP) is 1.13. The molecule has 2 bridgehead atoms. The van der Waals surface area contributed by atoms with E-state index in [1.165, 1.54) is 12.8 Å². The van der Waals surface area contributed by atoms with Gasteiger partial charge in [-0.3, -0.25) is 4.79 Å². The van der Waals surface area contributed by atoms with Crippen LogP contribution in [0.1, 0.15) is 36.3 Å². The van der Waals surface area contributed by atoms with Crippen molar-refractivity contribution < 1.29 is 4.79 Å². The van der Waals surface area contributed by atoms with Gasteiger partial charge in [-0.25, -0.2) is 4.98 Å². The lowest BCUT2D eigenvalue weighted by Gasteiger charge is -2.27. The van der Waals surface area contributed by atoms with Gasteiger partial charge in [-0.2, -0.15) is 0 Å². The van der Waals surface area contributed by atoms with Gasteiger partial charge < -0.3 is 9.88 Å². The van der Waals surface area contributed by atoms with Crippen LogP contribution >= 0.6 is 0 Å². The molecule has 2 aliphatic heterocycles. The maximum Gasteiger partial charge on any atom is 0.201 e. The molecule has 1 aromatic heterocycles. The highest BCUT2D eigenvalue weighted by molar-refractivity contribution is 5.94. The molecule has 2 aliphatic rings. The largest absolute Gasteiger partial charge is 0.332 e. The van der Waals surface area contributed by atoms with Gasteiger partial charge in [0.25, 0.3) is 0 Å². The summed E-state index contributed by atoms with van der Waals surface area (Å²) >= 11 is 0. The molecule has 0 aromatic carbocycles. The summed E-state index contributed by atoms with van der Waals surface area (Å²) in [4.78, 5) is 16.4. The number of carbonyl (C=O) groups is 1. The molecule has 0 radical (unpaired) electrons. The van der Waals surface area contributed by atoms with Gasteiger partial charge in [-0.1, -0.05) is 0 Å². The van der Waals surface area contributed by atoms with E-state index in [1.807, 2.05) is 17.8 Å². The number of nitrogens with zero attached hydrogens (tertiary/aromatic N) is 2. The number of nitrogens with one attached hydrogen (secondary N) is 1. The lowest BCUT2D eigenvalue weighted by Crippen LogP contribution is -2.41. The first-order valence-electron chi connectivity index (χ1n) is 6.01. The smallest absolute Gasteiger partial charge is 0.201 e. The summed E-state index contributed by atoms with van der Waals surface area (Å²) in [5.74, 6) is 1.03. The third-order valence-corrected chi connectivity index (χ3v) is 3.89. The number of imidazole rings is 1. The summed E-state index contributed by atoms with van der Waals surface area (Å²) in [7, 11) is 1.88. The van der Waals surface area contributed by atoms with Crippen LogP contribution in [0.5, 0.6) is 0 Å². The fourth-order valence-electron chi connectivity index (χ4n) is 3.06. The van der Waals surface area contributed by atoms with Crippen molar-refractivity contribution in [1.29, 1.82) is 0 Å². The zero-order chi connectivity index (χ0) is 11.1. The van der Waals surface area contributed by atoms with Crippen LogP contribution in [0.2, 0.25) is 0 Å². The summed E-state index contributed by atoms with van der Waals surface area (Å²) in [5, 5.41) is 3.56. The first-order valence-corrected chi connectivity index (χ1v) is 6.01. The van der Waals surface area contributed by atoms with Crippen molar-refractivity contribution in [2.45, 2.75) is 37.8 Å². The maximum absolute atomic E-state index is 12.3. The van der Waals surface area contributed by atoms with Crippen molar-refractivity contribution in [2.24, 2.45) is 13.0 Å². The first kappa shape index (κ1) is 10.0. The Morgan fingerprint density at radius 3 is 2.69 bits per heavy atom. The van der Waals surface area contributed by atoms with Crippen LogP contribution in [0.25, 0.3) is 0 Å². The Morgan fingerprint density at radius 1 is 1.44 bits per heavy atom. The van der Waals surface area contributed by atoms with Crippen LogP contribution in [0, 0.1) is 5.92 Å². The highest BCUT2D eigenvalue weighted by Crippen LogP contribution is 2.32. The van der Waals surface area contributed by atoms with Crippen molar-refractivity contribution in [1.82, 2.24) is 14.9 Å². The molecule has 1 aromatic rings. The molecule has 2 saturated heterocycles. The summed E-state index contributed by atoms with van der Waals surface area (Å²) in [6.07, 6.45) is 7.97. The molecule has 2 fully saturated rings. The molecule has 0 amide bonds. The van der Waals surface area contributed by atoms with Gasteiger partial charge in [0.1, 0.15) is 0 Å². The summed E-state index contributed by atoms with van der Waals surface area (Å²) in [6.45, 7) is 0. The van der Waals surface area contributed by atoms with Gasteiger partial charge in [0.2, 0.25) is 5.78 Å². The summed E-state index contributed by atoms with van der Waals surface area (Å²) in [5.41, 5.74) is 0. The molecule has 1 N–H and O–H groups in total. The molecule has 3 heterocycles. The van der Waals surface area contributed by atoms with Crippen molar-refractivity contribution in [3.8, 4) is 0 Å². The number of Topliss-reactive ketones (excluding diaryl/α,β-unsaturated/α-hetero) is 1. The molecular weight excluding hydrogens is 202 g/mol. The third kappa shape index (κ3) is 1.57. The molecule has 16 heavy (non-hydrogen) atoms. The van der Waals surface area contributed by atoms with Gasteiger partial charge in [-0.15, -0.1) is 0 Å². The van der Waals surface area contributed by atoms with Gasteiger partial charge in [0.05, 0.1) is 0 Å². The standard InChI is InChI=1S/C12H17N3O/c1-15-5-4-13-12(15)11(16)8-6-9-2-3-10(7-8)14-9/h4-5,8-10,14H,2-3,6-7H2,1H3. The van der Waals surface area contributed by atoms with Crippen LogP contribution in [-0.2, 0) is 7.05 Å². The second-order valence-corrected chi connectivity index (χ2v) is 5.03. The highest BCUT2D eigenvalue weighted by Gasteiger charge is 2.37. The Hall–Kier alpha value is -1.16. The average Bonchev–Trinajstić information content (AvgIpc) is 2.84. The molecule has 3 rings (SSSR count). The van der Waals surface area contributed by atoms with Gasteiger partial charge in [-0.05, 0) is 25.7 Å². The zero-order valence-corrected chi connectivity index (χ0v) is 9.52. The number of rotatable bonds is 2. The van der Waals surface area contributed by atoms with Crippen LogP contribution in [0.4, 0.5) is 0 Å². The van der Waals surface area contributed by atoms with Crippen LogP contribution in [0.3, 0.4) is 0 Å². The molecule has 0 aliphatic carbocycles. The van der Waals surface area contributed by atoms with E-state index in [-0.39, 0.29) is 11.7 Å². The van der Waals surface area contributed by atoms with Crippen molar-refractivity contribution in [2.75, 3.05) is 0 Å². The zero-order valence-electron chi connectivity index (χ0n) is 9.52. The maximum atomic E-state index is 12.3. The summed E-state index contributed by atoms with van der Waals surface area (Å²) in [6, 6.07) is 1.13. The highest BCUT2D eigenvalue weighted by atomic mass is 16.1. The van der Waals surface area contributed by atoms with E-state index in [9.17, 15) is 4.79 Å². The minimum Gasteiger partial charge on any atom is -0.332 e. The molecule has 4 heteroatoms. The Balaban J connectivity index is 1.79. The second-order valence-electron chi connectivity index (χ2n) is 5.03. The van der Waals surface area contributed by atoms with Gasteiger partial charge >= 0.3 is 0 Å². The normalized spacial score (nSPS) is 32.9. The van der Waals surface area contributed by atoms with Crippen molar-refractivity contribution >= 4 is 5.78 Å². The van der Waals surface area contributed by atoms with E-state index in [2.05, 4.69) is 10.3 Å². The fraction of sp³-hybridized carbons (Fsp3) is 0.667. The number of aromatic nitrogens is 2. The molecule has 0 saturated carbocycles. The van der Waals surface area contributed by atoms with Crippen molar-refractivity contribution in [3.05, 3.63) is 18.2 Å². The Labute approximate surface area is 95.1 Å². The predicted molar refractivity (Wildman–Crippen MR) is 60.2 cm³/mol. The topological polar surface area (TPSA) is 46.9 Å². The number of ketones is 1. The van der Waals surface area contributed by atoms with E-state index in [0.29, 0.717) is 17.9 Å². The lowest BCUT2D eigenvalue weighted by molar-refractivity contribution is 0.0861. The van der Waals surface area contributed by atoms with Crippen LogP contribution in [-0.4, -0.2) is 27.4 Å². The van der Waals surface area contributed by atoms with E-state index < -0.39 is 0 Å². The number of hydrogen-bond donors (Lipinski definition) is 1.